The van der Waals surface area contributed by atoms with Gasteiger partial charge in [0.05, 0.1) is 0 Å². The summed E-state index contributed by atoms with van der Waals surface area (Å²) in [6.07, 6.45) is 0.146. The minimum Gasteiger partial charge on any atom is -0.412 e. The van der Waals surface area contributed by atoms with Crippen LogP contribution in [-0.2, 0) is 9.47 Å². The maximum Gasteiger partial charge on any atom is 0.511 e. The average molecular weight is 243 g/mol. The van der Waals surface area contributed by atoms with Crippen molar-refractivity contribution in [2.24, 2.45) is 0 Å². The highest BCUT2D eigenvalue weighted by molar-refractivity contribution is 6.23. The summed E-state index contributed by atoms with van der Waals surface area (Å²) in [4.78, 5) is 11.2. The summed E-state index contributed by atoms with van der Waals surface area (Å²) in [5, 5.41) is -2.06. The molecule has 2 atom stereocenters. The van der Waals surface area contributed by atoms with Crippen LogP contribution in [0, 0.1) is 0 Å². The Labute approximate surface area is 94.7 Å². The quantitative estimate of drug-likeness (QED) is 0.555. The summed E-state index contributed by atoms with van der Waals surface area (Å²) in [6, 6.07) is 0. The van der Waals surface area contributed by atoms with Gasteiger partial charge in [-0.1, -0.05) is 37.0 Å². The van der Waals surface area contributed by atoms with E-state index in [0.717, 1.165) is 0 Å². The van der Waals surface area contributed by atoms with Gasteiger partial charge in [-0.15, -0.1) is 0 Å². The molecule has 0 N–H and O–H groups in total. The van der Waals surface area contributed by atoms with Crippen molar-refractivity contribution >= 4 is 29.4 Å². The second-order valence-electron chi connectivity index (χ2n) is 3.36. The SMILES string of the molecule is CCC(C)(Cl)OC(=O)OC(C)(Cl)CC. The van der Waals surface area contributed by atoms with Gasteiger partial charge in [-0.2, -0.15) is 0 Å². The second-order valence-corrected chi connectivity index (χ2v) is 4.96. The third-order valence-corrected chi connectivity index (χ3v) is 2.54. The van der Waals surface area contributed by atoms with Crippen molar-refractivity contribution in [1.82, 2.24) is 0 Å². The molecule has 3 nitrogen and oxygen atoms in total. The highest BCUT2D eigenvalue weighted by Gasteiger charge is 2.29. The van der Waals surface area contributed by atoms with Gasteiger partial charge in [0.2, 0.25) is 0 Å². The summed E-state index contributed by atoms with van der Waals surface area (Å²) in [6.45, 7) is 6.79. The molecule has 0 saturated carbocycles. The van der Waals surface area contributed by atoms with Crippen LogP contribution in [0.3, 0.4) is 0 Å². The maximum atomic E-state index is 11.2. The number of alkyl halides is 2. The zero-order valence-corrected chi connectivity index (χ0v) is 10.4. The Morgan fingerprint density at radius 2 is 1.36 bits per heavy atom. The fourth-order valence-corrected chi connectivity index (χ4v) is 0.639. The fourth-order valence-electron chi connectivity index (χ4n) is 0.513. The first-order chi connectivity index (χ1) is 6.22. The van der Waals surface area contributed by atoms with Crippen molar-refractivity contribution < 1.29 is 14.3 Å². The Balaban J connectivity index is 4.12. The van der Waals surface area contributed by atoms with Gasteiger partial charge in [-0.25, -0.2) is 4.79 Å². The monoisotopic (exact) mass is 242 g/mol. The molecule has 0 radical (unpaired) electrons. The van der Waals surface area contributed by atoms with Crippen molar-refractivity contribution in [3.8, 4) is 0 Å². The second kappa shape index (κ2) is 5.08. The van der Waals surface area contributed by atoms with Gasteiger partial charge in [0.15, 0.2) is 10.1 Å². The van der Waals surface area contributed by atoms with E-state index in [1.165, 1.54) is 0 Å². The molecule has 0 saturated heterocycles. The Kier molecular flexibility index (Phi) is 5.02. The van der Waals surface area contributed by atoms with E-state index in [0.29, 0.717) is 12.8 Å². The van der Waals surface area contributed by atoms with Crippen LogP contribution in [0.4, 0.5) is 4.79 Å². The largest absolute Gasteiger partial charge is 0.511 e. The third-order valence-electron chi connectivity index (χ3n) is 1.86. The van der Waals surface area contributed by atoms with Gasteiger partial charge >= 0.3 is 6.16 Å². The van der Waals surface area contributed by atoms with Gasteiger partial charge in [-0.05, 0) is 26.7 Å². The molecular formula is C9H16Cl2O3. The Hall–Kier alpha value is -0.150. The van der Waals surface area contributed by atoms with Crippen LogP contribution in [0.2, 0.25) is 0 Å². The molecule has 2 unspecified atom stereocenters. The topological polar surface area (TPSA) is 35.5 Å². The molecule has 0 amide bonds. The van der Waals surface area contributed by atoms with E-state index in [1.807, 2.05) is 0 Å². The van der Waals surface area contributed by atoms with Gasteiger partial charge in [0, 0.05) is 0 Å². The zero-order chi connectivity index (χ0) is 11.4. The number of carbonyl (C=O) groups is 1. The lowest BCUT2D eigenvalue weighted by atomic mass is 10.3. The van der Waals surface area contributed by atoms with E-state index in [2.05, 4.69) is 0 Å². The summed E-state index contributed by atoms with van der Waals surface area (Å²) >= 11 is 11.6. The number of carbonyl (C=O) groups excluding carboxylic acids is 1. The number of hydrogen-bond donors (Lipinski definition) is 0. The molecule has 14 heavy (non-hydrogen) atoms. The average Bonchev–Trinajstić information content (AvgIpc) is 2.02. The van der Waals surface area contributed by atoms with E-state index in [1.54, 1.807) is 27.7 Å². The summed E-state index contributed by atoms with van der Waals surface area (Å²) in [5.41, 5.74) is 0. The molecule has 0 rings (SSSR count). The van der Waals surface area contributed by atoms with Crippen LogP contribution in [-0.4, -0.2) is 16.3 Å². The molecule has 0 fully saturated rings. The van der Waals surface area contributed by atoms with Crippen LogP contribution >= 0.6 is 23.2 Å². The molecule has 0 heterocycles. The fraction of sp³-hybridized carbons (Fsp3) is 0.889. The van der Waals surface area contributed by atoms with E-state index >= 15 is 0 Å². The van der Waals surface area contributed by atoms with E-state index in [-0.39, 0.29) is 0 Å². The Morgan fingerprint density at radius 1 is 1.07 bits per heavy atom. The summed E-state index contributed by atoms with van der Waals surface area (Å²) < 4.78 is 9.69. The van der Waals surface area contributed by atoms with Crippen molar-refractivity contribution in [1.29, 1.82) is 0 Å². The van der Waals surface area contributed by atoms with E-state index in [4.69, 9.17) is 32.7 Å². The molecule has 0 aliphatic carbocycles. The summed E-state index contributed by atoms with van der Waals surface area (Å²) in [5.74, 6) is 0. The number of halogens is 2. The van der Waals surface area contributed by atoms with Crippen LogP contribution in [0.15, 0.2) is 0 Å². The van der Waals surface area contributed by atoms with Gasteiger partial charge in [0.25, 0.3) is 0 Å². The molecule has 0 aliphatic rings. The smallest absolute Gasteiger partial charge is 0.412 e. The van der Waals surface area contributed by atoms with Gasteiger partial charge in [0.1, 0.15) is 0 Å². The lowest BCUT2D eigenvalue weighted by Gasteiger charge is -2.24. The highest BCUT2D eigenvalue weighted by Crippen LogP contribution is 2.25. The first kappa shape index (κ1) is 13.8. The number of ether oxygens (including phenoxy) is 2. The standard InChI is InChI=1S/C9H16Cl2O3/c1-5-8(3,10)13-7(12)14-9(4,11)6-2/h5-6H2,1-4H3. The normalized spacial score (nSPS) is 19.3. The number of rotatable bonds is 4. The lowest BCUT2D eigenvalue weighted by Crippen LogP contribution is -2.30. The van der Waals surface area contributed by atoms with Crippen molar-refractivity contribution in [3.63, 3.8) is 0 Å². The van der Waals surface area contributed by atoms with Crippen molar-refractivity contribution in [2.75, 3.05) is 0 Å². The third kappa shape index (κ3) is 5.55. The molecule has 0 aromatic carbocycles. The minimum absolute atomic E-state index is 0.495. The molecule has 0 bridgehead atoms. The maximum absolute atomic E-state index is 11.2. The Morgan fingerprint density at radius 3 is 1.57 bits per heavy atom. The van der Waals surface area contributed by atoms with Crippen LogP contribution in [0.1, 0.15) is 40.5 Å². The number of hydrogen-bond acceptors (Lipinski definition) is 3. The highest BCUT2D eigenvalue weighted by atomic mass is 35.5. The van der Waals surface area contributed by atoms with Crippen LogP contribution < -0.4 is 0 Å². The van der Waals surface area contributed by atoms with Crippen molar-refractivity contribution in [2.45, 2.75) is 50.7 Å². The van der Waals surface area contributed by atoms with Crippen LogP contribution in [0.5, 0.6) is 0 Å². The molecule has 0 aromatic rings. The lowest BCUT2D eigenvalue weighted by molar-refractivity contribution is -0.0201. The first-order valence-corrected chi connectivity index (χ1v) is 5.28. The summed E-state index contributed by atoms with van der Waals surface area (Å²) in [7, 11) is 0. The minimum atomic E-state index is -1.03. The van der Waals surface area contributed by atoms with Gasteiger partial charge < -0.3 is 9.47 Å². The first-order valence-electron chi connectivity index (χ1n) is 4.52. The van der Waals surface area contributed by atoms with E-state index < -0.39 is 16.3 Å². The molecule has 5 heteroatoms. The predicted octanol–water partition coefficient (Wildman–Crippen LogP) is 3.87. The molecule has 0 aliphatic heterocycles. The Bertz CT molecular complexity index is 182. The molecule has 0 spiro atoms. The molecule has 0 aromatic heterocycles. The molecular weight excluding hydrogens is 227 g/mol. The van der Waals surface area contributed by atoms with Gasteiger partial charge in [-0.3, -0.25) is 0 Å². The zero-order valence-electron chi connectivity index (χ0n) is 8.89. The predicted molar refractivity (Wildman–Crippen MR) is 56.7 cm³/mol. The van der Waals surface area contributed by atoms with Crippen LogP contribution in [0.25, 0.3) is 0 Å². The van der Waals surface area contributed by atoms with E-state index in [9.17, 15) is 4.79 Å². The van der Waals surface area contributed by atoms with Crippen molar-refractivity contribution in [3.05, 3.63) is 0 Å². The molecule has 84 valence electrons.